The van der Waals surface area contributed by atoms with Crippen molar-refractivity contribution in [1.82, 2.24) is 0 Å². The van der Waals surface area contributed by atoms with Gasteiger partial charge in [-0.1, -0.05) is 84.0 Å². The molecular weight excluding hydrogens is 404 g/mol. The molecule has 0 unspecified atom stereocenters. The Bertz CT molecular complexity index is 1140. The predicted octanol–water partition coefficient (Wildman–Crippen LogP) is 4.19. The Kier molecular flexibility index (Phi) is 6.22. The summed E-state index contributed by atoms with van der Waals surface area (Å²) >= 11 is 0. The molecule has 0 radical (unpaired) electrons. The zero-order valence-electron chi connectivity index (χ0n) is 17.5. The molecule has 6 heteroatoms. The lowest BCUT2D eigenvalue weighted by atomic mass is 9.72. The molecular formula is C26H22N2O4. The van der Waals surface area contributed by atoms with Gasteiger partial charge in [-0.05, 0) is 24.6 Å². The van der Waals surface area contributed by atoms with Crippen LogP contribution in [0.2, 0.25) is 0 Å². The highest BCUT2D eigenvalue weighted by molar-refractivity contribution is 6.16. The molecule has 3 aromatic carbocycles. The van der Waals surface area contributed by atoms with Crippen molar-refractivity contribution in [3.8, 4) is 0 Å². The molecule has 0 spiro atoms. The largest absolute Gasteiger partial charge is 0.344 e. The van der Waals surface area contributed by atoms with E-state index in [1.807, 2.05) is 66.7 Å². The molecule has 0 bridgehead atoms. The van der Waals surface area contributed by atoms with Gasteiger partial charge in [0, 0.05) is 17.2 Å². The Morgan fingerprint density at radius 1 is 0.875 bits per heavy atom. The summed E-state index contributed by atoms with van der Waals surface area (Å²) in [4.78, 5) is 44.2. The number of benzene rings is 3. The van der Waals surface area contributed by atoms with Crippen molar-refractivity contribution in [2.24, 2.45) is 17.0 Å². The van der Waals surface area contributed by atoms with E-state index in [1.165, 1.54) is 6.92 Å². The number of oxime groups is 1. The molecule has 3 aromatic rings. The number of rotatable bonds is 7. The summed E-state index contributed by atoms with van der Waals surface area (Å²) in [5.41, 5.74) is 2.36. The zero-order chi connectivity index (χ0) is 22.5. The van der Waals surface area contributed by atoms with E-state index in [0.717, 1.165) is 0 Å². The molecule has 6 nitrogen and oxygen atoms in total. The molecule has 1 amide bonds. The van der Waals surface area contributed by atoms with Gasteiger partial charge in [0.1, 0.15) is 23.3 Å². The second kappa shape index (κ2) is 9.39. The first-order chi connectivity index (χ1) is 15.6. The van der Waals surface area contributed by atoms with Crippen LogP contribution >= 0.6 is 0 Å². The normalized spacial score (nSPS) is 17.1. The Labute approximate surface area is 185 Å². The van der Waals surface area contributed by atoms with Crippen molar-refractivity contribution in [2.75, 3.05) is 5.32 Å². The minimum absolute atomic E-state index is 0.348. The molecule has 1 N–H and O–H groups in total. The molecule has 1 aliphatic heterocycles. The first-order valence-corrected chi connectivity index (χ1v) is 10.3. The smallest absolute Gasteiger partial charge is 0.325 e. The summed E-state index contributed by atoms with van der Waals surface area (Å²) in [6.07, 6.45) is 0. The fourth-order valence-electron chi connectivity index (χ4n) is 4.07. The van der Waals surface area contributed by atoms with Crippen LogP contribution in [0, 0.1) is 11.8 Å². The third-order valence-corrected chi connectivity index (χ3v) is 5.52. The van der Waals surface area contributed by atoms with E-state index in [-0.39, 0.29) is 5.78 Å². The Balaban J connectivity index is 1.79. The van der Waals surface area contributed by atoms with Crippen LogP contribution < -0.4 is 5.32 Å². The van der Waals surface area contributed by atoms with Crippen molar-refractivity contribution in [3.05, 3.63) is 102 Å². The van der Waals surface area contributed by atoms with Crippen LogP contribution in [0.1, 0.15) is 24.0 Å². The standard InChI is InChI=1S/C26H22N2O4/c1-17(29)21(25(30)27-20-15-9-4-10-16-20)22(18-11-5-2-6-12-18)23-24(28-32-26(23)31)19-13-7-3-8-14-19/h2-16,21-23H,1H3,(H,27,30)/t21-,22-,23+/m0/s1. The topological polar surface area (TPSA) is 84.8 Å². The molecule has 4 rings (SSSR count). The molecule has 32 heavy (non-hydrogen) atoms. The van der Waals surface area contributed by atoms with Gasteiger partial charge < -0.3 is 10.2 Å². The second-order valence-electron chi connectivity index (χ2n) is 7.61. The summed E-state index contributed by atoms with van der Waals surface area (Å²) < 4.78 is 0. The Hall–Kier alpha value is -4.06. The van der Waals surface area contributed by atoms with E-state index in [9.17, 15) is 14.4 Å². The van der Waals surface area contributed by atoms with Gasteiger partial charge >= 0.3 is 5.97 Å². The summed E-state index contributed by atoms with van der Waals surface area (Å²) in [6, 6.07) is 27.2. The van der Waals surface area contributed by atoms with Crippen LogP contribution in [0.3, 0.4) is 0 Å². The number of amides is 1. The molecule has 160 valence electrons. The minimum atomic E-state index is -1.12. The van der Waals surface area contributed by atoms with Crippen molar-refractivity contribution < 1.29 is 19.2 Å². The highest BCUT2D eigenvalue weighted by Crippen LogP contribution is 2.39. The number of nitrogens with one attached hydrogen (secondary N) is 1. The maximum Gasteiger partial charge on any atom is 0.344 e. The highest BCUT2D eigenvalue weighted by atomic mass is 16.7. The van der Waals surface area contributed by atoms with Crippen molar-refractivity contribution in [2.45, 2.75) is 12.8 Å². The monoisotopic (exact) mass is 426 g/mol. The minimum Gasteiger partial charge on any atom is -0.325 e. The molecule has 0 saturated carbocycles. The zero-order valence-corrected chi connectivity index (χ0v) is 17.5. The maximum absolute atomic E-state index is 13.4. The highest BCUT2D eigenvalue weighted by Gasteiger charge is 2.47. The molecule has 0 fully saturated rings. The van der Waals surface area contributed by atoms with Crippen LogP contribution in [-0.2, 0) is 19.2 Å². The third-order valence-electron chi connectivity index (χ3n) is 5.52. The third kappa shape index (κ3) is 4.34. The average Bonchev–Trinajstić information content (AvgIpc) is 3.19. The number of hydrogen-bond acceptors (Lipinski definition) is 5. The van der Waals surface area contributed by atoms with E-state index in [1.54, 1.807) is 24.3 Å². The molecule has 0 aromatic heterocycles. The lowest BCUT2D eigenvalue weighted by molar-refractivity contribution is -0.144. The van der Waals surface area contributed by atoms with E-state index < -0.39 is 29.6 Å². The van der Waals surface area contributed by atoms with E-state index in [4.69, 9.17) is 4.84 Å². The summed E-state index contributed by atoms with van der Waals surface area (Å²) in [6.45, 7) is 1.37. The SMILES string of the molecule is CC(=O)[C@H](C(=O)Nc1ccccc1)[C@H](c1ccccc1)[C@H]1C(=O)ON=C1c1ccccc1. The fourth-order valence-corrected chi connectivity index (χ4v) is 4.07. The predicted molar refractivity (Wildman–Crippen MR) is 121 cm³/mol. The first-order valence-electron chi connectivity index (χ1n) is 10.3. The molecule has 1 heterocycles. The number of hydrogen-bond donors (Lipinski definition) is 1. The number of anilines is 1. The van der Waals surface area contributed by atoms with Gasteiger partial charge in [0.05, 0.1) is 0 Å². The first kappa shape index (κ1) is 21.2. The lowest BCUT2D eigenvalue weighted by Crippen LogP contribution is -2.40. The van der Waals surface area contributed by atoms with Gasteiger partial charge in [-0.25, -0.2) is 4.79 Å². The van der Waals surface area contributed by atoms with Gasteiger partial charge in [0.25, 0.3) is 0 Å². The van der Waals surface area contributed by atoms with Crippen LogP contribution in [0.4, 0.5) is 5.69 Å². The van der Waals surface area contributed by atoms with Gasteiger partial charge in [-0.2, -0.15) is 0 Å². The number of carbonyl (C=O) groups is 3. The number of carbonyl (C=O) groups excluding carboxylic acids is 3. The summed E-state index contributed by atoms with van der Waals surface area (Å²) in [7, 11) is 0. The number of para-hydroxylation sites is 1. The van der Waals surface area contributed by atoms with Gasteiger partial charge in [-0.15, -0.1) is 0 Å². The lowest BCUT2D eigenvalue weighted by Gasteiger charge is -2.28. The Morgan fingerprint density at radius 2 is 1.44 bits per heavy atom. The molecule has 0 aliphatic carbocycles. The maximum atomic E-state index is 13.4. The molecule has 0 saturated heterocycles. The van der Waals surface area contributed by atoms with E-state index in [2.05, 4.69) is 10.5 Å². The van der Waals surface area contributed by atoms with Crippen molar-refractivity contribution in [3.63, 3.8) is 0 Å². The van der Waals surface area contributed by atoms with Gasteiger partial charge in [0.2, 0.25) is 5.91 Å². The van der Waals surface area contributed by atoms with E-state index in [0.29, 0.717) is 22.5 Å². The molecule has 3 atom stereocenters. The second-order valence-corrected chi connectivity index (χ2v) is 7.61. The number of Topliss-reactive ketones (excluding diaryl/α,β-unsaturated/α-hetero) is 1. The van der Waals surface area contributed by atoms with Crippen LogP contribution in [0.15, 0.2) is 96.2 Å². The van der Waals surface area contributed by atoms with Crippen LogP contribution in [-0.4, -0.2) is 23.4 Å². The van der Waals surface area contributed by atoms with Crippen LogP contribution in [0.5, 0.6) is 0 Å². The average molecular weight is 426 g/mol. The summed E-state index contributed by atoms with van der Waals surface area (Å²) in [5, 5.41) is 6.84. The molecule has 1 aliphatic rings. The van der Waals surface area contributed by atoms with Crippen molar-refractivity contribution >= 4 is 29.1 Å². The van der Waals surface area contributed by atoms with Crippen LogP contribution in [0.25, 0.3) is 0 Å². The number of ketones is 1. The Morgan fingerprint density at radius 3 is 2.03 bits per heavy atom. The number of nitrogens with zero attached hydrogens (tertiary/aromatic N) is 1. The van der Waals surface area contributed by atoms with E-state index >= 15 is 0 Å². The van der Waals surface area contributed by atoms with Gasteiger partial charge in [0.15, 0.2) is 0 Å². The van der Waals surface area contributed by atoms with Crippen molar-refractivity contribution in [1.29, 1.82) is 0 Å². The van der Waals surface area contributed by atoms with Gasteiger partial charge in [-0.3, -0.25) is 9.59 Å². The quantitative estimate of drug-likeness (QED) is 0.453. The summed E-state index contributed by atoms with van der Waals surface area (Å²) in [5.74, 6) is -4.23. The fraction of sp³-hybridized carbons (Fsp3) is 0.154.